The normalized spacial score (nSPS) is 10.8. The van der Waals surface area contributed by atoms with Crippen molar-refractivity contribution in [3.05, 3.63) is 48.3 Å². The molecule has 0 aliphatic rings. The third kappa shape index (κ3) is 2.68. The van der Waals surface area contributed by atoms with E-state index in [1.165, 1.54) is 0 Å². The van der Waals surface area contributed by atoms with Crippen molar-refractivity contribution in [1.29, 1.82) is 0 Å². The summed E-state index contributed by atoms with van der Waals surface area (Å²) in [5.74, 6) is 6.82. The van der Waals surface area contributed by atoms with E-state index >= 15 is 0 Å². The summed E-state index contributed by atoms with van der Waals surface area (Å²) in [6, 6.07) is 11.8. The molecule has 0 saturated carbocycles. The van der Waals surface area contributed by atoms with E-state index in [2.05, 4.69) is 27.3 Å². The molecule has 0 saturated heterocycles. The number of aromatic nitrogens is 3. The fourth-order valence-electron chi connectivity index (χ4n) is 2.37. The number of hydrazine groups is 1. The van der Waals surface area contributed by atoms with Crippen molar-refractivity contribution in [2.45, 2.75) is 19.8 Å². The van der Waals surface area contributed by atoms with E-state index in [4.69, 9.17) is 5.84 Å². The first kappa shape index (κ1) is 13.5. The van der Waals surface area contributed by atoms with Crippen LogP contribution in [0.2, 0.25) is 0 Å². The molecule has 0 bridgehead atoms. The van der Waals surface area contributed by atoms with Crippen LogP contribution in [0.15, 0.2) is 42.6 Å². The third-order valence-electron chi connectivity index (χ3n) is 3.32. The molecule has 3 rings (SSSR count). The van der Waals surface area contributed by atoms with Crippen LogP contribution in [0.3, 0.4) is 0 Å². The molecule has 106 valence electrons. The van der Waals surface area contributed by atoms with E-state index < -0.39 is 0 Å². The number of nitrogens with one attached hydrogen (secondary N) is 1. The monoisotopic (exact) mass is 279 g/mol. The van der Waals surface area contributed by atoms with E-state index in [-0.39, 0.29) is 0 Å². The van der Waals surface area contributed by atoms with Gasteiger partial charge in [-0.1, -0.05) is 31.5 Å². The average molecular weight is 279 g/mol. The molecule has 2 heterocycles. The van der Waals surface area contributed by atoms with Crippen molar-refractivity contribution in [2.75, 3.05) is 5.43 Å². The summed E-state index contributed by atoms with van der Waals surface area (Å²) in [6.45, 7) is 2.12. The molecule has 0 amide bonds. The number of nitrogens with two attached hydrogens (primary N) is 1. The number of rotatable bonds is 4. The van der Waals surface area contributed by atoms with E-state index in [0.717, 1.165) is 35.0 Å². The van der Waals surface area contributed by atoms with Gasteiger partial charge in [0.05, 0.1) is 5.52 Å². The number of hydrogen-bond donors (Lipinski definition) is 2. The van der Waals surface area contributed by atoms with Gasteiger partial charge in [-0.3, -0.25) is 4.98 Å². The average Bonchev–Trinajstić information content (AvgIpc) is 2.54. The fourth-order valence-corrected chi connectivity index (χ4v) is 2.37. The molecule has 3 N–H and O–H groups in total. The highest BCUT2D eigenvalue weighted by Crippen LogP contribution is 2.25. The summed E-state index contributed by atoms with van der Waals surface area (Å²) in [5.41, 5.74) is 5.50. The minimum Gasteiger partial charge on any atom is -0.308 e. The van der Waals surface area contributed by atoms with Crippen LogP contribution in [0, 0.1) is 0 Å². The predicted molar refractivity (Wildman–Crippen MR) is 84.6 cm³/mol. The summed E-state index contributed by atoms with van der Waals surface area (Å²) in [5, 5.41) is 1.04. The lowest BCUT2D eigenvalue weighted by Crippen LogP contribution is -2.10. The Hall–Kier alpha value is -2.53. The lowest BCUT2D eigenvalue weighted by atomic mass is 10.1. The van der Waals surface area contributed by atoms with Crippen molar-refractivity contribution in [1.82, 2.24) is 15.0 Å². The number of nitrogens with zero attached hydrogens (tertiary/aromatic N) is 3. The van der Waals surface area contributed by atoms with Gasteiger partial charge in [0.25, 0.3) is 0 Å². The van der Waals surface area contributed by atoms with Gasteiger partial charge in [0.1, 0.15) is 5.82 Å². The molecule has 5 heteroatoms. The summed E-state index contributed by atoms with van der Waals surface area (Å²) < 4.78 is 0. The van der Waals surface area contributed by atoms with Crippen molar-refractivity contribution in [2.24, 2.45) is 5.84 Å². The van der Waals surface area contributed by atoms with Gasteiger partial charge in [-0.2, -0.15) is 0 Å². The largest absolute Gasteiger partial charge is 0.308 e. The summed E-state index contributed by atoms with van der Waals surface area (Å²) in [6.07, 6.45) is 3.70. The van der Waals surface area contributed by atoms with Gasteiger partial charge < -0.3 is 5.43 Å². The topological polar surface area (TPSA) is 76.7 Å². The molecule has 1 aromatic carbocycles. The van der Waals surface area contributed by atoms with Crippen molar-refractivity contribution in [3.8, 4) is 11.4 Å². The number of aryl methyl sites for hydroxylation is 1. The second-order valence-electron chi connectivity index (χ2n) is 4.84. The number of nitrogen functional groups attached to an aromatic ring is 1. The van der Waals surface area contributed by atoms with E-state index in [1.54, 1.807) is 6.20 Å². The Bertz CT molecular complexity index is 764. The zero-order valence-electron chi connectivity index (χ0n) is 11.9. The molecule has 5 nitrogen and oxygen atoms in total. The van der Waals surface area contributed by atoms with E-state index in [1.807, 2.05) is 36.4 Å². The van der Waals surface area contributed by atoms with Crippen LogP contribution in [0.1, 0.15) is 19.0 Å². The highest BCUT2D eigenvalue weighted by Gasteiger charge is 2.10. The highest BCUT2D eigenvalue weighted by molar-refractivity contribution is 5.92. The molecule has 0 spiro atoms. The van der Waals surface area contributed by atoms with Crippen LogP contribution < -0.4 is 11.3 Å². The Morgan fingerprint density at radius 1 is 1.14 bits per heavy atom. The Kier molecular flexibility index (Phi) is 3.75. The quantitative estimate of drug-likeness (QED) is 0.567. The summed E-state index contributed by atoms with van der Waals surface area (Å²) in [4.78, 5) is 13.5. The maximum absolute atomic E-state index is 5.52. The van der Waals surface area contributed by atoms with Crippen LogP contribution in [0.25, 0.3) is 22.3 Å². The molecule has 21 heavy (non-hydrogen) atoms. The molecule has 0 aliphatic heterocycles. The standard InChI is InChI=1S/C16H17N5/c1-2-5-11-10-15(21-17)20-16(19-11)13-8-9-18-14-7-4-3-6-12(13)14/h3-4,6-10H,2,5,17H2,1H3,(H,19,20,21). The van der Waals surface area contributed by atoms with Crippen LogP contribution >= 0.6 is 0 Å². The van der Waals surface area contributed by atoms with Crippen LogP contribution in [0.5, 0.6) is 0 Å². The van der Waals surface area contributed by atoms with Crippen molar-refractivity contribution >= 4 is 16.7 Å². The van der Waals surface area contributed by atoms with E-state index in [0.29, 0.717) is 11.6 Å². The zero-order chi connectivity index (χ0) is 14.7. The van der Waals surface area contributed by atoms with E-state index in [9.17, 15) is 0 Å². The second-order valence-corrected chi connectivity index (χ2v) is 4.84. The predicted octanol–water partition coefficient (Wildman–Crippen LogP) is 2.93. The lowest BCUT2D eigenvalue weighted by molar-refractivity contribution is 0.875. The van der Waals surface area contributed by atoms with Gasteiger partial charge in [-0.25, -0.2) is 15.8 Å². The molecule has 2 aromatic heterocycles. The number of para-hydroxylation sites is 1. The van der Waals surface area contributed by atoms with Gasteiger partial charge in [-0.05, 0) is 18.6 Å². The Balaban J connectivity index is 2.20. The number of benzene rings is 1. The minimum atomic E-state index is 0.629. The summed E-state index contributed by atoms with van der Waals surface area (Å²) in [7, 11) is 0. The number of anilines is 1. The van der Waals surface area contributed by atoms with Gasteiger partial charge in [0.15, 0.2) is 5.82 Å². The van der Waals surface area contributed by atoms with Crippen LogP contribution in [0.4, 0.5) is 5.82 Å². The van der Waals surface area contributed by atoms with Gasteiger partial charge in [-0.15, -0.1) is 0 Å². The fraction of sp³-hybridized carbons (Fsp3) is 0.188. The van der Waals surface area contributed by atoms with Crippen LogP contribution in [-0.4, -0.2) is 15.0 Å². The molecule has 0 fully saturated rings. The zero-order valence-corrected chi connectivity index (χ0v) is 11.9. The number of pyridine rings is 1. The molecule has 0 aliphatic carbocycles. The Morgan fingerprint density at radius 3 is 2.81 bits per heavy atom. The number of hydrogen-bond acceptors (Lipinski definition) is 5. The second kappa shape index (κ2) is 5.85. The maximum atomic E-state index is 5.52. The first-order chi connectivity index (χ1) is 10.3. The molecule has 0 unspecified atom stereocenters. The minimum absolute atomic E-state index is 0.629. The lowest BCUT2D eigenvalue weighted by Gasteiger charge is -2.09. The maximum Gasteiger partial charge on any atom is 0.162 e. The Morgan fingerprint density at radius 2 is 2.00 bits per heavy atom. The number of fused-ring (bicyclic) bond motifs is 1. The van der Waals surface area contributed by atoms with Crippen molar-refractivity contribution in [3.63, 3.8) is 0 Å². The molecule has 0 radical (unpaired) electrons. The highest BCUT2D eigenvalue weighted by atomic mass is 15.3. The third-order valence-corrected chi connectivity index (χ3v) is 3.32. The molecular weight excluding hydrogens is 262 g/mol. The molecular formula is C16H17N5. The molecule has 3 aromatic rings. The Labute approximate surface area is 123 Å². The van der Waals surface area contributed by atoms with Gasteiger partial charge in [0, 0.05) is 28.9 Å². The van der Waals surface area contributed by atoms with Crippen molar-refractivity contribution < 1.29 is 0 Å². The van der Waals surface area contributed by atoms with Crippen LogP contribution in [-0.2, 0) is 6.42 Å². The smallest absolute Gasteiger partial charge is 0.162 e. The SMILES string of the molecule is CCCc1cc(NN)nc(-c2ccnc3ccccc23)n1. The summed E-state index contributed by atoms with van der Waals surface area (Å²) >= 11 is 0. The molecule has 0 atom stereocenters. The first-order valence-corrected chi connectivity index (χ1v) is 7.00. The van der Waals surface area contributed by atoms with Gasteiger partial charge in [0.2, 0.25) is 0 Å². The van der Waals surface area contributed by atoms with Gasteiger partial charge >= 0.3 is 0 Å². The first-order valence-electron chi connectivity index (χ1n) is 7.00.